The van der Waals surface area contributed by atoms with Crippen LogP contribution in [0.5, 0.6) is 0 Å². The standard InChI is InChI=1S/C9H9NO2/c1-6-7-4-2-3-5-8(7)10(12)9(6)11/h2-6,12H,1H3. The van der Waals surface area contributed by atoms with Crippen molar-refractivity contribution in [3.05, 3.63) is 29.8 Å². The van der Waals surface area contributed by atoms with Gasteiger partial charge in [0, 0.05) is 0 Å². The molecule has 0 saturated carbocycles. The number of anilines is 1. The van der Waals surface area contributed by atoms with Crippen LogP contribution in [0.4, 0.5) is 5.69 Å². The number of nitrogens with zero attached hydrogens (tertiary/aromatic N) is 1. The molecule has 1 heterocycles. The van der Waals surface area contributed by atoms with Gasteiger partial charge in [-0.25, -0.2) is 0 Å². The molecule has 1 aromatic carbocycles. The zero-order valence-electron chi connectivity index (χ0n) is 6.69. The number of amides is 1. The van der Waals surface area contributed by atoms with Crippen molar-refractivity contribution in [2.45, 2.75) is 12.8 Å². The fraction of sp³-hybridized carbons (Fsp3) is 0.222. The minimum Gasteiger partial charge on any atom is -0.281 e. The van der Waals surface area contributed by atoms with Gasteiger partial charge in [0.1, 0.15) is 0 Å². The first-order valence-corrected chi connectivity index (χ1v) is 3.83. The van der Waals surface area contributed by atoms with Gasteiger partial charge in [-0.3, -0.25) is 10.0 Å². The molecule has 3 nitrogen and oxygen atoms in total. The highest BCUT2D eigenvalue weighted by Crippen LogP contribution is 2.34. The van der Waals surface area contributed by atoms with Crippen molar-refractivity contribution in [1.29, 1.82) is 0 Å². The molecule has 0 bridgehead atoms. The highest BCUT2D eigenvalue weighted by atomic mass is 16.5. The van der Waals surface area contributed by atoms with Gasteiger partial charge in [0.15, 0.2) is 0 Å². The van der Waals surface area contributed by atoms with E-state index in [2.05, 4.69) is 0 Å². The average molecular weight is 163 g/mol. The quantitative estimate of drug-likeness (QED) is 0.589. The Morgan fingerprint density at radius 2 is 2.08 bits per heavy atom. The van der Waals surface area contributed by atoms with Crippen LogP contribution in [0.2, 0.25) is 0 Å². The molecule has 1 N–H and O–H groups in total. The Labute approximate surface area is 70.2 Å². The molecule has 0 aliphatic carbocycles. The Hall–Kier alpha value is -1.35. The van der Waals surface area contributed by atoms with Gasteiger partial charge in [-0.05, 0) is 18.6 Å². The van der Waals surface area contributed by atoms with Crippen molar-refractivity contribution < 1.29 is 10.0 Å². The normalized spacial score (nSPS) is 21.3. The van der Waals surface area contributed by atoms with E-state index in [9.17, 15) is 10.0 Å². The monoisotopic (exact) mass is 163 g/mol. The fourth-order valence-corrected chi connectivity index (χ4v) is 1.48. The van der Waals surface area contributed by atoms with Crippen molar-refractivity contribution in [2.75, 3.05) is 5.06 Å². The number of para-hydroxylation sites is 1. The Bertz CT molecular complexity index is 304. The summed E-state index contributed by atoms with van der Waals surface area (Å²) >= 11 is 0. The highest BCUT2D eigenvalue weighted by molar-refractivity contribution is 6.02. The lowest BCUT2D eigenvalue weighted by atomic mass is 10.0. The number of hydrogen-bond acceptors (Lipinski definition) is 2. The summed E-state index contributed by atoms with van der Waals surface area (Å²) in [7, 11) is 0. The SMILES string of the molecule is CC1C(=O)N(O)c2ccccc21. The van der Waals surface area contributed by atoms with Crippen LogP contribution in [0.25, 0.3) is 0 Å². The summed E-state index contributed by atoms with van der Waals surface area (Å²) < 4.78 is 0. The van der Waals surface area contributed by atoms with E-state index in [-0.39, 0.29) is 11.8 Å². The molecule has 1 unspecified atom stereocenters. The second kappa shape index (κ2) is 2.32. The third-order valence-corrected chi connectivity index (χ3v) is 2.21. The molecule has 1 atom stereocenters. The zero-order valence-corrected chi connectivity index (χ0v) is 6.69. The van der Waals surface area contributed by atoms with Gasteiger partial charge in [0.05, 0.1) is 11.6 Å². The molecule has 0 fully saturated rings. The highest BCUT2D eigenvalue weighted by Gasteiger charge is 2.32. The maximum Gasteiger partial charge on any atom is 0.258 e. The Morgan fingerprint density at radius 3 is 2.75 bits per heavy atom. The molecule has 3 heteroatoms. The van der Waals surface area contributed by atoms with Crippen LogP contribution in [0.15, 0.2) is 24.3 Å². The van der Waals surface area contributed by atoms with Crippen molar-refractivity contribution in [3.63, 3.8) is 0 Å². The van der Waals surface area contributed by atoms with Crippen LogP contribution < -0.4 is 5.06 Å². The predicted octanol–water partition coefficient (Wildman–Crippen LogP) is 1.53. The molecule has 0 radical (unpaired) electrons. The smallest absolute Gasteiger partial charge is 0.258 e. The van der Waals surface area contributed by atoms with E-state index in [1.807, 2.05) is 12.1 Å². The number of carbonyl (C=O) groups is 1. The lowest BCUT2D eigenvalue weighted by Gasteiger charge is -2.05. The molecule has 0 spiro atoms. The van der Waals surface area contributed by atoms with E-state index in [4.69, 9.17) is 0 Å². The third-order valence-electron chi connectivity index (χ3n) is 2.21. The molecule has 12 heavy (non-hydrogen) atoms. The summed E-state index contributed by atoms with van der Waals surface area (Å²) in [4.78, 5) is 11.2. The van der Waals surface area contributed by atoms with E-state index in [1.54, 1.807) is 19.1 Å². The average Bonchev–Trinajstić information content (AvgIpc) is 2.33. The summed E-state index contributed by atoms with van der Waals surface area (Å²) in [5.74, 6) is -0.470. The Balaban J connectivity index is 2.59. The van der Waals surface area contributed by atoms with Crippen LogP contribution >= 0.6 is 0 Å². The lowest BCUT2D eigenvalue weighted by Crippen LogP contribution is -2.23. The largest absolute Gasteiger partial charge is 0.281 e. The summed E-state index contributed by atoms with van der Waals surface area (Å²) in [5.41, 5.74) is 1.50. The zero-order chi connectivity index (χ0) is 8.72. The van der Waals surface area contributed by atoms with Crippen LogP contribution in [-0.4, -0.2) is 11.1 Å². The van der Waals surface area contributed by atoms with Crippen molar-refractivity contribution >= 4 is 11.6 Å². The van der Waals surface area contributed by atoms with Gasteiger partial charge >= 0.3 is 0 Å². The Morgan fingerprint density at radius 1 is 1.42 bits per heavy atom. The molecular formula is C9H9NO2. The van der Waals surface area contributed by atoms with Gasteiger partial charge in [-0.15, -0.1) is 0 Å². The van der Waals surface area contributed by atoms with E-state index >= 15 is 0 Å². The van der Waals surface area contributed by atoms with Crippen molar-refractivity contribution in [1.82, 2.24) is 0 Å². The molecular weight excluding hydrogens is 154 g/mol. The van der Waals surface area contributed by atoms with Crippen LogP contribution in [0.3, 0.4) is 0 Å². The Kier molecular flexibility index (Phi) is 1.41. The molecule has 1 aliphatic rings. The summed E-state index contributed by atoms with van der Waals surface area (Å²) in [5, 5.41) is 10.0. The van der Waals surface area contributed by atoms with E-state index in [0.29, 0.717) is 5.69 Å². The van der Waals surface area contributed by atoms with Gasteiger partial charge < -0.3 is 0 Å². The van der Waals surface area contributed by atoms with E-state index < -0.39 is 0 Å². The maximum atomic E-state index is 11.2. The predicted molar refractivity (Wildman–Crippen MR) is 44.1 cm³/mol. The first-order chi connectivity index (χ1) is 5.72. The van der Waals surface area contributed by atoms with E-state index in [0.717, 1.165) is 10.6 Å². The molecule has 1 aliphatic heterocycles. The van der Waals surface area contributed by atoms with Gasteiger partial charge in [0.2, 0.25) is 0 Å². The molecule has 1 aromatic rings. The number of hydrogen-bond donors (Lipinski definition) is 1. The first-order valence-electron chi connectivity index (χ1n) is 3.83. The summed E-state index contributed by atoms with van der Waals surface area (Å²) in [6.45, 7) is 1.79. The fourth-order valence-electron chi connectivity index (χ4n) is 1.48. The molecule has 1 amide bonds. The van der Waals surface area contributed by atoms with Crippen molar-refractivity contribution in [2.24, 2.45) is 0 Å². The van der Waals surface area contributed by atoms with Gasteiger partial charge in [0.25, 0.3) is 5.91 Å². The summed E-state index contributed by atoms with van der Waals surface area (Å²) in [6.07, 6.45) is 0. The molecule has 62 valence electrons. The van der Waals surface area contributed by atoms with Crippen LogP contribution in [0.1, 0.15) is 18.4 Å². The minimum atomic E-state index is -0.254. The number of fused-ring (bicyclic) bond motifs is 1. The first kappa shape index (κ1) is 7.31. The maximum absolute atomic E-state index is 11.2. The van der Waals surface area contributed by atoms with Gasteiger partial charge in [-0.2, -0.15) is 5.06 Å². The van der Waals surface area contributed by atoms with Crippen molar-refractivity contribution in [3.8, 4) is 0 Å². The van der Waals surface area contributed by atoms with Gasteiger partial charge in [-0.1, -0.05) is 18.2 Å². The number of hydroxylamine groups is 1. The third kappa shape index (κ3) is 0.769. The second-order valence-electron chi connectivity index (χ2n) is 2.93. The minimum absolute atomic E-state index is 0.216. The van der Waals surface area contributed by atoms with Crippen LogP contribution in [-0.2, 0) is 4.79 Å². The topological polar surface area (TPSA) is 40.5 Å². The molecule has 0 aromatic heterocycles. The molecule has 0 saturated heterocycles. The van der Waals surface area contributed by atoms with Crippen LogP contribution in [0, 0.1) is 0 Å². The summed E-state index contributed by atoms with van der Waals surface area (Å²) in [6, 6.07) is 7.25. The number of carbonyl (C=O) groups excluding carboxylic acids is 1. The number of rotatable bonds is 0. The molecule has 2 rings (SSSR count). The van der Waals surface area contributed by atoms with E-state index in [1.165, 1.54) is 0 Å². The number of benzene rings is 1. The second-order valence-corrected chi connectivity index (χ2v) is 2.93. The lowest BCUT2D eigenvalue weighted by molar-refractivity contribution is -0.123.